The van der Waals surface area contributed by atoms with Crippen LogP contribution in [0.4, 0.5) is 8.78 Å². The summed E-state index contributed by atoms with van der Waals surface area (Å²) in [4.78, 5) is 4.18. The SMILES string of the molecule is CN=C(NCc1ccc(C)cc1)NCc1cccc(OCC(F)F)c1.I. The van der Waals surface area contributed by atoms with Crippen LogP contribution in [-0.2, 0) is 13.1 Å². The van der Waals surface area contributed by atoms with E-state index < -0.39 is 13.0 Å². The van der Waals surface area contributed by atoms with Crippen molar-refractivity contribution in [3.63, 3.8) is 0 Å². The molecule has 0 spiro atoms. The first-order chi connectivity index (χ1) is 12.1. The number of rotatable bonds is 7. The van der Waals surface area contributed by atoms with E-state index in [2.05, 4.69) is 46.8 Å². The minimum absolute atomic E-state index is 0. The summed E-state index contributed by atoms with van der Waals surface area (Å²) in [5.41, 5.74) is 3.31. The number of aryl methyl sites for hydroxylation is 1. The fraction of sp³-hybridized carbons (Fsp3) is 0.316. The molecule has 4 nitrogen and oxygen atoms in total. The van der Waals surface area contributed by atoms with Crippen LogP contribution in [-0.4, -0.2) is 26.0 Å². The van der Waals surface area contributed by atoms with Crippen molar-refractivity contribution in [2.75, 3.05) is 13.7 Å². The number of guanidine groups is 1. The summed E-state index contributed by atoms with van der Waals surface area (Å²) in [5, 5.41) is 6.43. The van der Waals surface area contributed by atoms with Crippen LogP contribution in [0, 0.1) is 6.92 Å². The lowest BCUT2D eigenvalue weighted by atomic mass is 10.1. The minimum Gasteiger partial charge on any atom is -0.488 e. The Morgan fingerprint density at radius 3 is 2.31 bits per heavy atom. The number of hydrogen-bond acceptors (Lipinski definition) is 2. The Hall–Kier alpha value is -1.90. The van der Waals surface area contributed by atoms with Crippen molar-refractivity contribution >= 4 is 29.9 Å². The van der Waals surface area contributed by atoms with Gasteiger partial charge in [-0.15, -0.1) is 24.0 Å². The molecule has 0 fully saturated rings. The third kappa shape index (κ3) is 7.99. The van der Waals surface area contributed by atoms with Gasteiger partial charge in [-0.25, -0.2) is 8.78 Å². The maximum atomic E-state index is 12.2. The van der Waals surface area contributed by atoms with Crippen LogP contribution in [0.5, 0.6) is 5.75 Å². The highest BCUT2D eigenvalue weighted by Crippen LogP contribution is 2.14. The molecule has 2 N–H and O–H groups in total. The Kier molecular flexibility index (Phi) is 9.93. The lowest BCUT2D eigenvalue weighted by molar-refractivity contribution is 0.0818. The predicted molar refractivity (Wildman–Crippen MR) is 112 cm³/mol. The highest BCUT2D eigenvalue weighted by atomic mass is 127. The summed E-state index contributed by atoms with van der Waals surface area (Å²) >= 11 is 0. The third-order valence-electron chi connectivity index (χ3n) is 3.54. The van der Waals surface area contributed by atoms with E-state index in [0.717, 1.165) is 11.1 Å². The molecule has 0 saturated carbocycles. The zero-order valence-corrected chi connectivity index (χ0v) is 17.2. The molecule has 0 amide bonds. The van der Waals surface area contributed by atoms with E-state index in [1.54, 1.807) is 25.2 Å². The Labute approximate surface area is 170 Å². The highest BCUT2D eigenvalue weighted by Gasteiger charge is 2.04. The summed E-state index contributed by atoms with van der Waals surface area (Å²) in [5.74, 6) is 1.10. The van der Waals surface area contributed by atoms with E-state index in [1.807, 2.05) is 6.07 Å². The Morgan fingerprint density at radius 2 is 1.69 bits per heavy atom. The molecule has 0 aromatic heterocycles. The zero-order valence-electron chi connectivity index (χ0n) is 14.8. The van der Waals surface area contributed by atoms with Gasteiger partial charge in [-0.1, -0.05) is 42.0 Å². The molecule has 0 aliphatic carbocycles. The second-order valence-corrected chi connectivity index (χ2v) is 5.61. The monoisotopic (exact) mass is 475 g/mol. The molecule has 0 aliphatic heterocycles. The van der Waals surface area contributed by atoms with Crippen molar-refractivity contribution in [2.24, 2.45) is 4.99 Å². The van der Waals surface area contributed by atoms with Gasteiger partial charge in [0.2, 0.25) is 0 Å². The van der Waals surface area contributed by atoms with Gasteiger partial charge < -0.3 is 15.4 Å². The highest BCUT2D eigenvalue weighted by molar-refractivity contribution is 14.0. The largest absolute Gasteiger partial charge is 0.488 e. The average Bonchev–Trinajstić information content (AvgIpc) is 2.62. The first-order valence-corrected chi connectivity index (χ1v) is 8.07. The van der Waals surface area contributed by atoms with E-state index in [4.69, 9.17) is 4.74 Å². The molecule has 2 aromatic carbocycles. The first kappa shape index (κ1) is 22.1. The average molecular weight is 475 g/mol. The zero-order chi connectivity index (χ0) is 18.1. The minimum atomic E-state index is -2.48. The quantitative estimate of drug-likeness (QED) is 0.360. The van der Waals surface area contributed by atoms with E-state index >= 15 is 0 Å². The van der Waals surface area contributed by atoms with Crippen molar-refractivity contribution in [3.05, 3.63) is 65.2 Å². The van der Waals surface area contributed by atoms with E-state index in [-0.39, 0.29) is 24.0 Å². The Bertz CT molecular complexity index is 693. The van der Waals surface area contributed by atoms with Crippen molar-refractivity contribution < 1.29 is 13.5 Å². The Morgan fingerprint density at radius 1 is 1.04 bits per heavy atom. The standard InChI is InChI=1S/C19H23F2N3O.HI/c1-14-6-8-15(9-7-14)11-23-19(22-2)24-12-16-4-3-5-17(10-16)25-13-18(20)21;/h3-10,18H,11-13H2,1-2H3,(H2,22,23,24);1H. The molecule has 0 radical (unpaired) electrons. The molecule has 2 rings (SSSR count). The molecule has 142 valence electrons. The van der Waals surface area contributed by atoms with Crippen LogP contribution in [0.1, 0.15) is 16.7 Å². The molecule has 0 atom stereocenters. The maximum absolute atomic E-state index is 12.2. The van der Waals surface area contributed by atoms with E-state index in [0.29, 0.717) is 24.8 Å². The molecule has 2 aromatic rings. The fourth-order valence-electron chi connectivity index (χ4n) is 2.20. The summed E-state index contributed by atoms with van der Waals surface area (Å²) in [6.07, 6.45) is -2.48. The number of aliphatic imine (C=N–C) groups is 1. The molecule has 0 heterocycles. The topological polar surface area (TPSA) is 45.7 Å². The van der Waals surface area contributed by atoms with Gasteiger partial charge in [0.05, 0.1) is 0 Å². The second-order valence-electron chi connectivity index (χ2n) is 5.61. The van der Waals surface area contributed by atoms with Crippen LogP contribution in [0.15, 0.2) is 53.5 Å². The van der Waals surface area contributed by atoms with Crippen LogP contribution in [0.3, 0.4) is 0 Å². The van der Waals surface area contributed by atoms with Gasteiger partial charge in [0.1, 0.15) is 12.4 Å². The lowest BCUT2D eigenvalue weighted by Gasteiger charge is -2.13. The number of benzene rings is 2. The van der Waals surface area contributed by atoms with Crippen LogP contribution in [0.25, 0.3) is 0 Å². The summed E-state index contributed by atoms with van der Waals surface area (Å²) in [6, 6.07) is 15.4. The summed E-state index contributed by atoms with van der Waals surface area (Å²) < 4.78 is 29.4. The molecule has 0 saturated heterocycles. The molecule has 0 unspecified atom stereocenters. The van der Waals surface area contributed by atoms with Gasteiger partial charge in [0, 0.05) is 20.1 Å². The predicted octanol–water partition coefficient (Wildman–Crippen LogP) is 4.12. The first-order valence-electron chi connectivity index (χ1n) is 8.07. The van der Waals surface area contributed by atoms with Crippen molar-refractivity contribution in [2.45, 2.75) is 26.4 Å². The number of ether oxygens (including phenoxy) is 1. The van der Waals surface area contributed by atoms with Crippen molar-refractivity contribution in [1.29, 1.82) is 0 Å². The van der Waals surface area contributed by atoms with Crippen molar-refractivity contribution in [1.82, 2.24) is 10.6 Å². The van der Waals surface area contributed by atoms with Crippen molar-refractivity contribution in [3.8, 4) is 5.75 Å². The molecule has 0 bridgehead atoms. The number of alkyl halides is 2. The molecule has 0 aliphatic rings. The summed E-state index contributed by atoms with van der Waals surface area (Å²) in [6.45, 7) is 2.63. The maximum Gasteiger partial charge on any atom is 0.272 e. The third-order valence-corrected chi connectivity index (χ3v) is 3.54. The summed E-state index contributed by atoms with van der Waals surface area (Å²) in [7, 11) is 1.70. The molecular formula is C19H24F2IN3O. The van der Waals surface area contributed by atoms with E-state index in [9.17, 15) is 8.78 Å². The van der Waals surface area contributed by atoms with Crippen LogP contribution in [0.2, 0.25) is 0 Å². The van der Waals surface area contributed by atoms with Crippen LogP contribution >= 0.6 is 24.0 Å². The van der Waals surface area contributed by atoms with Crippen LogP contribution < -0.4 is 15.4 Å². The molecular weight excluding hydrogens is 451 g/mol. The Balaban J connectivity index is 0.00000338. The number of nitrogens with zero attached hydrogens (tertiary/aromatic N) is 1. The van der Waals surface area contributed by atoms with Gasteiger partial charge in [0.15, 0.2) is 5.96 Å². The van der Waals surface area contributed by atoms with Gasteiger partial charge in [0.25, 0.3) is 6.43 Å². The van der Waals surface area contributed by atoms with E-state index in [1.165, 1.54) is 5.56 Å². The van der Waals surface area contributed by atoms with Gasteiger partial charge >= 0.3 is 0 Å². The smallest absolute Gasteiger partial charge is 0.272 e. The van der Waals surface area contributed by atoms with Gasteiger partial charge in [-0.3, -0.25) is 4.99 Å². The lowest BCUT2D eigenvalue weighted by Crippen LogP contribution is -2.36. The number of hydrogen-bond donors (Lipinski definition) is 2. The molecule has 7 heteroatoms. The second kappa shape index (κ2) is 11.7. The van der Waals surface area contributed by atoms with Gasteiger partial charge in [-0.2, -0.15) is 0 Å². The fourth-order valence-corrected chi connectivity index (χ4v) is 2.20. The number of nitrogens with one attached hydrogen (secondary N) is 2. The molecule has 26 heavy (non-hydrogen) atoms. The van der Waals surface area contributed by atoms with Gasteiger partial charge in [-0.05, 0) is 30.2 Å². The number of halogens is 3. The normalized spacial score (nSPS) is 11.0.